The Bertz CT molecular complexity index is 5980. The van der Waals surface area contributed by atoms with E-state index in [0.29, 0.717) is 0 Å². The van der Waals surface area contributed by atoms with Gasteiger partial charge in [-0.1, -0.05) is 293 Å². The quantitative estimate of drug-likeness (QED) is 0.114. The predicted octanol–water partition coefficient (Wildman–Crippen LogP) is 29.0. The molecule has 0 spiro atoms. The van der Waals surface area contributed by atoms with E-state index in [9.17, 15) is 0 Å². The van der Waals surface area contributed by atoms with E-state index in [2.05, 4.69) is 412 Å². The van der Waals surface area contributed by atoms with Gasteiger partial charge < -0.3 is 9.80 Å². The first-order valence-electron chi connectivity index (χ1n) is 35.3. The fourth-order valence-electron chi connectivity index (χ4n) is 15.3. The highest BCUT2D eigenvalue weighted by molar-refractivity contribution is 7.26. The van der Waals surface area contributed by atoms with Gasteiger partial charge in [-0.3, -0.25) is 0 Å². The summed E-state index contributed by atoms with van der Waals surface area (Å²) < 4.78 is 5.31. The maximum atomic E-state index is 2.41. The summed E-state index contributed by atoms with van der Waals surface area (Å²) in [5, 5.41) is 5.25. The van der Waals surface area contributed by atoms with E-state index in [-0.39, 0.29) is 5.41 Å². The number of hydrogen-bond acceptors (Lipinski definition) is 4. The van der Waals surface area contributed by atoms with Crippen LogP contribution in [-0.4, -0.2) is 0 Å². The lowest BCUT2D eigenvalue weighted by molar-refractivity contribution is 0.660. The Morgan fingerprint density at radius 1 is 0.194 bits per heavy atom. The second-order valence-corrected chi connectivity index (χ2v) is 29.2. The van der Waals surface area contributed by atoms with Gasteiger partial charge in [-0.05, 0) is 198 Å². The SMILES string of the molecule is CC1(C)c2ccccc2-c2ccc(N(c3ccc(-c4ccccc4)cc3)c3ccc(-c4cc(-c5ccccc5)c5sc6ccccc6c5c4)cc3)cc21.c1ccc(-c2ccc(N(c3ccc(-c4ccccc4)cc3)c3ccc(-c4cc(-c5ccccc5)c5sc6ccccc6c5c4)cc3)cc2)cc1. The molecule has 2 nitrogen and oxygen atoms in total. The first kappa shape index (κ1) is 62.8. The van der Waals surface area contributed by atoms with E-state index in [4.69, 9.17) is 0 Å². The smallest absolute Gasteiger partial charge is 0.0465 e. The van der Waals surface area contributed by atoms with Crippen LogP contribution in [0.5, 0.6) is 0 Å². The molecule has 0 saturated heterocycles. The van der Waals surface area contributed by atoms with E-state index >= 15 is 0 Å². The molecule has 0 aliphatic heterocycles. The Balaban J connectivity index is 0.000000147. The van der Waals surface area contributed by atoms with E-state index in [0.717, 1.165) is 34.1 Å². The first-order valence-corrected chi connectivity index (χ1v) is 37.0. The zero-order valence-electron chi connectivity index (χ0n) is 57.2. The predicted molar refractivity (Wildman–Crippen MR) is 444 cm³/mol. The number of rotatable bonds is 13. The standard InChI is InChI=1S/C51H37NS.C48H33NS/c1-51(2)47-19-11-9-17-42(47)43-30-29-41(33-48(43)51)52(39-25-21-35(22-26-39)34-13-5-3-6-14-34)40-27-23-36(24-28-40)38-31-45(37-15-7-4-8-16-37)50-46(32-38)44-18-10-12-20-49(44)53-50;1-4-12-34(13-5-1)36-20-26-41(27-21-36)49(42-28-22-37(23-29-42)35-14-6-2-7-15-35)43-30-24-38(25-31-43)40-32-45(39-16-8-3-9-17-39)48-46(33-40)44-18-10-11-19-47(44)50-48/h3-33H,1-2H3;1-33H. The Hall–Kier alpha value is -12.4. The van der Waals surface area contributed by atoms with Crippen molar-refractivity contribution in [3.63, 3.8) is 0 Å². The van der Waals surface area contributed by atoms with Gasteiger partial charge in [0.2, 0.25) is 0 Å². The molecule has 0 saturated carbocycles. The summed E-state index contributed by atoms with van der Waals surface area (Å²) in [5.74, 6) is 0. The Kier molecular flexibility index (Phi) is 16.4. The normalized spacial score (nSPS) is 12.1. The van der Waals surface area contributed by atoms with Crippen molar-refractivity contribution in [3.05, 3.63) is 399 Å². The zero-order valence-corrected chi connectivity index (χ0v) is 58.8. The maximum absolute atomic E-state index is 2.41. The third-order valence-corrected chi connectivity index (χ3v) is 23.0. The van der Waals surface area contributed by atoms with E-state index < -0.39 is 0 Å². The topological polar surface area (TPSA) is 6.48 Å². The van der Waals surface area contributed by atoms with Crippen LogP contribution >= 0.6 is 22.7 Å². The van der Waals surface area contributed by atoms with Gasteiger partial charge in [0.1, 0.15) is 0 Å². The number of nitrogens with zero attached hydrogens (tertiary/aromatic N) is 2. The van der Waals surface area contributed by atoms with Gasteiger partial charge in [0.15, 0.2) is 0 Å². The van der Waals surface area contributed by atoms with Crippen molar-refractivity contribution in [1.82, 2.24) is 0 Å². The summed E-state index contributed by atoms with van der Waals surface area (Å²) in [6.45, 7) is 4.71. The summed E-state index contributed by atoms with van der Waals surface area (Å²) >= 11 is 3.77. The average molecular weight is 1350 g/mol. The Labute approximate surface area is 610 Å². The van der Waals surface area contributed by atoms with Crippen molar-refractivity contribution >= 4 is 97.1 Å². The third kappa shape index (κ3) is 12.0. The van der Waals surface area contributed by atoms with Gasteiger partial charge in [0.05, 0.1) is 0 Å². The molecule has 2 aromatic heterocycles. The number of fused-ring (bicyclic) bond motifs is 9. The number of benzene rings is 16. The van der Waals surface area contributed by atoms with Gasteiger partial charge in [0.25, 0.3) is 0 Å². The molecule has 0 bridgehead atoms. The number of hydrogen-bond donors (Lipinski definition) is 0. The van der Waals surface area contributed by atoms with Crippen molar-refractivity contribution < 1.29 is 0 Å². The van der Waals surface area contributed by atoms with Crippen molar-refractivity contribution in [2.24, 2.45) is 0 Å². The molecule has 0 unspecified atom stereocenters. The second-order valence-electron chi connectivity index (χ2n) is 27.1. The van der Waals surface area contributed by atoms with Gasteiger partial charge in [-0.2, -0.15) is 0 Å². The van der Waals surface area contributed by atoms with E-state index in [1.807, 2.05) is 22.7 Å². The van der Waals surface area contributed by atoms with Crippen molar-refractivity contribution in [2.45, 2.75) is 19.3 Å². The largest absolute Gasteiger partial charge is 0.311 e. The molecule has 0 atom stereocenters. The van der Waals surface area contributed by atoms with E-state index in [1.54, 1.807) is 0 Å². The molecular formula is C99H70N2S2. The van der Waals surface area contributed by atoms with Gasteiger partial charge in [0, 0.05) is 91.0 Å². The van der Waals surface area contributed by atoms with Crippen LogP contribution in [0.1, 0.15) is 25.0 Å². The molecule has 1 aliphatic carbocycles. The summed E-state index contributed by atoms with van der Waals surface area (Å²) in [7, 11) is 0. The highest BCUT2D eigenvalue weighted by atomic mass is 32.1. The number of anilines is 6. The minimum Gasteiger partial charge on any atom is -0.311 e. The van der Waals surface area contributed by atoms with Crippen LogP contribution in [-0.2, 0) is 5.41 Å². The van der Waals surface area contributed by atoms with Crippen molar-refractivity contribution in [2.75, 3.05) is 9.80 Å². The van der Waals surface area contributed by atoms with E-state index in [1.165, 1.54) is 140 Å². The molecule has 4 heteroatoms. The fraction of sp³-hybridized carbons (Fsp3) is 0.0303. The molecule has 19 rings (SSSR count). The van der Waals surface area contributed by atoms with Crippen LogP contribution in [0.15, 0.2) is 388 Å². The van der Waals surface area contributed by atoms with Crippen LogP contribution in [0.4, 0.5) is 34.1 Å². The lowest BCUT2D eigenvalue weighted by atomic mass is 9.82. The van der Waals surface area contributed by atoms with Crippen molar-refractivity contribution in [1.29, 1.82) is 0 Å². The summed E-state index contributed by atoms with van der Waals surface area (Å²) in [4.78, 5) is 4.75. The zero-order chi connectivity index (χ0) is 68.8. The lowest BCUT2D eigenvalue weighted by Crippen LogP contribution is -2.16. The molecule has 16 aromatic carbocycles. The molecule has 18 aromatic rings. The average Bonchev–Trinajstić information content (AvgIpc) is 1.58. The molecule has 0 fully saturated rings. The Morgan fingerprint density at radius 3 is 0.854 bits per heavy atom. The van der Waals surface area contributed by atoms with Crippen molar-refractivity contribution in [3.8, 4) is 89.0 Å². The molecule has 2 heterocycles. The van der Waals surface area contributed by atoms with Gasteiger partial charge in [-0.25, -0.2) is 0 Å². The summed E-state index contributed by atoms with van der Waals surface area (Å²) in [6.07, 6.45) is 0. The maximum Gasteiger partial charge on any atom is 0.0465 e. The lowest BCUT2D eigenvalue weighted by Gasteiger charge is -2.28. The first-order chi connectivity index (χ1) is 50.8. The van der Waals surface area contributed by atoms with Gasteiger partial charge in [-0.15, -0.1) is 22.7 Å². The summed E-state index contributed by atoms with van der Waals surface area (Å²) in [5.41, 5.74) is 29.2. The van der Waals surface area contributed by atoms with Crippen LogP contribution in [0, 0.1) is 0 Å². The van der Waals surface area contributed by atoms with Crippen LogP contribution in [0.3, 0.4) is 0 Å². The molecule has 0 amide bonds. The molecule has 488 valence electrons. The van der Waals surface area contributed by atoms with Crippen LogP contribution < -0.4 is 9.80 Å². The fourth-order valence-corrected chi connectivity index (χ4v) is 17.7. The molecular weight excluding hydrogens is 1280 g/mol. The summed E-state index contributed by atoms with van der Waals surface area (Å²) in [6, 6.07) is 141. The minimum absolute atomic E-state index is 0.0877. The monoisotopic (exact) mass is 1350 g/mol. The Morgan fingerprint density at radius 2 is 0.476 bits per heavy atom. The molecule has 0 N–H and O–H groups in total. The molecule has 1 aliphatic rings. The highest BCUT2D eigenvalue weighted by Crippen LogP contribution is 2.52. The minimum atomic E-state index is -0.0877. The second kappa shape index (κ2) is 26.9. The third-order valence-electron chi connectivity index (χ3n) is 20.6. The number of thiophene rings is 2. The molecule has 0 radical (unpaired) electrons. The molecule has 103 heavy (non-hydrogen) atoms. The van der Waals surface area contributed by atoms with Gasteiger partial charge >= 0.3 is 0 Å². The van der Waals surface area contributed by atoms with Crippen LogP contribution in [0.2, 0.25) is 0 Å². The van der Waals surface area contributed by atoms with Crippen LogP contribution in [0.25, 0.3) is 129 Å². The highest BCUT2D eigenvalue weighted by Gasteiger charge is 2.36.